The molecule has 0 aliphatic carbocycles. The lowest BCUT2D eigenvalue weighted by atomic mass is 10.1. The number of nitrogens with one attached hydrogen (secondary N) is 1. The van der Waals surface area contributed by atoms with E-state index in [-0.39, 0.29) is 0 Å². The Morgan fingerprint density at radius 3 is 3.09 bits per heavy atom. The van der Waals surface area contributed by atoms with Gasteiger partial charge in [-0.2, -0.15) is 0 Å². The topological polar surface area (TPSA) is 68.9 Å². The molecule has 1 heterocycles. The molecular formula is C17H27N3O2. The minimum absolute atomic E-state index is 0.484. The Bertz CT molecular complexity index is 497. The van der Waals surface area contributed by atoms with Gasteiger partial charge in [0.25, 0.3) is 0 Å². The standard InChI is InChI=1S/C17H27N3O2/c1-3-7-19-17(18)20-10-15-5-4-13(2)9-16(15)22-12-14-6-8-21-11-14/h4-5,9,14H,3,6-8,10-12H2,1-2H3,(H3,18,19,20). The van der Waals surface area contributed by atoms with E-state index < -0.39 is 0 Å². The zero-order chi connectivity index (χ0) is 15.8. The van der Waals surface area contributed by atoms with Crippen LogP contribution in [0.2, 0.25) is 0 Å². The number of hydrogen-bond donors (Lipinski definition) is 2. The SMILES string of the molecule is CCCNC(N)=NCc1ccc(C)cc1OCC1CCOC1. The van der Waals surface area contributed by atoms with Crippen LogP contribution in [0.1, 0.15) is 30.9 Å². The van der Waals surface area contributed by atoms with Gasteiger partial charge in [0.15, 0.2) is 5.96 Å². The number of guanidine groups is 1. The van der Waals surface area contributed by atoms with Gasteiger partial charge in [-0.3, -0.25) is 0 Å². The van der Waals surface area contributed by atoms with Crippen LogP contribution in [-0.2, 0) is 11.3 Å². The molecule has 0 spiro atoms. The summed E-state index contributed by atoms with van der Waals surface area (Å²) in [5.41, 5.74) is 8.09. The first kappa shape index (κ1) is 16.6. The molecular weight excluding hydrogens is 278 g/mol. The van der Waals surface area contributed by atoms with E-state index in [9.17, 15) is 0 Å². The fourth-order valence-corrected chi connectivity index (χ4v) is 2.33. The highest BCUT2D eigenvalue weighted by Crippen LogP contribution is 2.23. The first-order valence-corrected chi connectivity index (χ1v) is 8.03. The van der Waals surface area contributed by atoms with Gasteiger partial charge in [0.05, 0.1) is 19.8 Å². The highest BCUT2D eigenvalue weighted by Gasteiger charge is 2.17. The van der Waals surface area contributed by atoms with E-state index in [1.165, 1.54) is 5.56 Å². The summed E-state index contributed by atoms with van der Waals surface area (Å²) in [6, 6.07) is 6.20. The summed E-state index contributed by atoms with van der Waals surface area (Å²) in [5, 5.41) is 3.08. The summed E-state index contributed by atoms with van der Waals surface area (Å²) in [6.45, 7) is 7.87. The lowest BCUT2D eigenvalue weighted by Crippen LogP contribution is -2.32. The van der Waals surface area contributed by atoms with Crippen molar-refractivity contribution in [3.05, 3.63) is 29.3 Å². The maximum atomic E-state index is 6.00. The number of aliphatic imine (C=N–C) groups is 1. The van der Waals surface area contributed by atoms with Crippen LogP contribution in [0.4, 0.5) is 0 Å². The molecule has 3 N–H and O–H groups in total. The van der Waals surface area contributed by atoms with Crippen molar-refractivity contribution in [2.75, 3.05) is 26.4 Å². The van der Waals surface area contributed by atoms with Gasteiger partial charge < -0.3 is 20.5 Å². The lowest BCUT2D eigenvalue weighted by Gasteiger charge is -2.14. The third-order valence-corrected chi connectivity index (χ3v) is 3.70. The van der Waals surface area contributed by atoms with Crippen LogP contribution in [0, 0.1) is 12.8 Å². The Balaban J connectivity index is 1.96. The molecule has 5 heteroatoms. The number of nitrogens with zero attached hydrogens (tertiary/aromatic N) is 1. The summed E-state index contributed by atoms with van der Waals surface area (Å²) in [5.74, 6) is 1.88. The van der Waals surface area contributed by atoms with Crippen LogP contribution in [-0.4, -0.2) is 32.3 Å². The molecule has 1 aromatic rings. The second kappa shape index (κ2) is 8.63. The Kier molecular flexibility index (Phi) is 6.52. The minimum atomic E-state index is 0.484. The van der Waals surface area contributed by atoms with Crippen molar-refractivity contribution < 1.29 is 9.47 Å². The monoisotopic (exact) mass is 305 g/mol. The maximum absolute atomic E-state index is 6.00. The smallest absolute Gasteiger partial charge is 0.188 e. The zero-order valence-electron chi connectivity index (χ0n) is 13.6. The van der Waals surface area contributed by atoms with Gasteiger partial charge in [0.2, 0.25) is 0 Å². The lowest BCUT2D eigenvalue weighted by molar-refractivity contribution is 0.166. The fraction of sp³-hybridized carbons (Fsp3) is 0.588. The maximum Gasteiger partial charge on any atom is 0.188 e. The first-order chi connectivity index (χ1) is 10.7. The van der Waals surface area contributed by atoms with Gasteiger partial charge in [0, 0.05) is 24.6 Å². The Morgan fingerprint density at radius 1 is 1.50 bits per heavy atom. The summed E-state index contributed by atoms with van der Waals surface area (Å²) < 4.78 is 11.4. The molecule has 5 nitrogen and oxygen atoms in total. The summed E-state index contributed by atoms with van der Waals surface area (Å²) >= 11 is 0. The minimum Gasteiger partial charge on any atom is -0.493 e. The van der Waals surface area contributed by atoms with Crippen LogP contribution >= 0.6 is 0 Å². The highest BCUT2D eigenvalue weighted by molar-refractivity contribution is 5.77. The van der Waals surface area contributed by atoms with Gasteiger partial charge in [-0.15, -0.1) is 0 Å². The van der Waals surface area contributed by atoms with E-state index in [0.29, 0.717) is 25.0 Å². The van der Waals surface area contributed by atoms with E-state index in [1.807, 2.05) is 0 Å². The highest BCUT2D eigenvalue weighted by atomic mass is 16.5. The van der Waals surface area contributed by atoms with Crippen molar-refractivity contribution >= 4 is 5.96 Å². The Labute approximate surface area is 132 Å². The van der Waals surface area contributed by atoms with E-state index in [4.69, 9.17) is 15.2 Å². The van der Waals surface area contributed by atoms with E-state index in [0.717, 1.165) is 43.9 Å². The quantitative estimate of drug-likeness (QED) is 0.599. The van der Waals surface area contributed by atoms with Gasteiger partial charge in [-0.25, -0.2) is 4.99 Å². The zero-order valence-corrected chi connectivity index (χ0v) is 13.6. The summed E-state index contributed by atoms with van der Waals surface area (Å²) in [7, 11) is 0. The molecule has 1 saturated heterocycles. The van der Waals surface area contributed by atoms with Gasteiger partial charge >= 0.3 is 0 Å². The van der Waals surface area contributed by atoms with Crippen molar-refractivity contribution in [2.45, 2.75) is 33.2 Å². The van der Waals surface area contributed by atoms with Crippen LogP contribution in [0.3, 0.4) is 0 Å². The van der Waals surface area contributed by atoms with E-state index in [2.05, 4.69) is 42.4 Å². The number of aryl methyl sites for hydroxylation is 1. The second-order valence-corrected chi connectivity index (χ2v) is 5.78. The molecule has 1 aliphatic heterocycles. The largest absolute Gasteiger partial charge is 0.493 e. The summed E-state index contributed by atoms with van der Waals surface area (Å²) in [4.78, 5) is 4.38. The van der Waals surface area contributed by atoms with Crippen LogP contribution in [0.15, 0.2) is 23.2 Å². The van der Waals surface area contributed by atoms with Crippen LogP contribution < -0.4 is 15.8 Å². The molecule has 1 atom stereocenters. The van der Waals surface area contributed by atoms with E-state index >= 15 is 0 Å². The van der Waals surface area contributed by atoms with Crippen molar-refractivity contribution in [1.29, 1.82) is 0 Å². The third-order valence-electron chi connectivity index (χ3n) is 3.70. The Hall–Kier alpha value is -1.75. The number of nitrogens with two attached hydrogens (primary N) is 1. The molecule has 2 rings (SSSR count). The molecule has 1 aliphatic rings. The molecule has 0 bridgehead atoms. The van der Waals surface area contributed by atoms with Crippen molar-refractivity contribution in [3.8, 4) is 5.75 Å². The molecule has 122 valence electrons. The molecule has 1 fully saturated rings. The molecule has 1 unspecified atom stereocenters. The number of rotatable bonds is 7. The van der Waals surface area contributed by atoms with Crippen LogP contribution in [0.25, 0.3) is 0 Å². The van der Waals surface area contributed by atoms with Crippen molar-refractivity contribution in [3.63, 3.8) is 0 Å². The average molecular weight is 305 g/mol. The Morgan fingerprint density at radius 2 is 2.36 bits per heavy atom. The first-order valence-electron chi connectivity index (χ1n) is 8.03. The number of ether oxygens (including phenoxy) is 2. The van der Waals surface area contributed by atoms with Gasteiger partial charge in [0.1, 0.15) is 5.75 Å². The molecule has 0 amide bonds. The second-order valence-electron chi connectivity index (χ2n) is 5.78. The molecule has 0 aromatic heterocycles. The number of benzene rings is 1. The molecule has 0 saturated carbocycles. The third kappa shape index (κ3) is 5.22. The van der Waals surface area contributed by atoms with E-state index in [1.54, 1.807) is 0 Å². The average Bonchev–Trinajstić information content (AvgIpc) is 3.03. The fourth-order valence-electron chi connectivity index (χ4n) is 2.33. The summed E-state index contributed by atoms with van der Waals surface area (Å²) in [6.07, 6.45) is 2.10. The van der Waals surface area contributed by atoms with Crippen LogP contribution in [0.5, 0.6) is 5.75 Å². The molecule has 22 heavy (non-hydrogen) atoms. The molecule has 0 radical (unpaired) electrons. The molecule has 1 aromatic carbocycles. The predicted octanol–water partition coefficient (Wildman–Crippen LogP) is 2.22. The predicted molar refractivity (Wildman–Crippen MR) is 89.2 cm³/mol. The van der Waals surface area contributed by atoms with Gasteiger partial charge in [-0.1, -0.05) is 19.1 Å². The van der Waals surface area contributed by atoms with Gasteiger partial charge in [-0.05, 0) is 31.4 Å². The normalized spacial score (nSPS) is 18.5. The van der Waals surface area contributed by atoms with Crippen molar-refractivity contribution in [2.24, 2.45) is 16.6 Å². The van der Waals surface area contributed by atoms with Crippen molar-refractivity contribution in [1.82, 2.24) is 5.32 Å². The number of hydrogen-bond acceptors (Lipinski definition) is 3.